The summed E-state index contributed by atoms with van der Waals surface area (Å²) < 4.78 is 0. The predicted octanol–water partition coefficient (Wildman–Crippen LogP) is 2.44. The molecule has 0 saturated heterocycles. The van der Waals surface area contributed by atoms with Crippen LogP contribution in [0.3, 0.4) is 0 Å². The Hall–Kier alpha value is -2.17. The molecule has 2 rings (SSSR count). The van der Waals surface area contributed by atoms with Gasteiger partial charge in [-0.1, -0.05) is 6.42 Å². The zero-order valence-corrected chi connectivity index (χ0v) is 12.2. The van der Waals surface area contributed by atoms with Gasteiger partial charge >= 0.3 is 5.97 Å². The van der Waals surface area contributed by atoms with Crippen LogP contribution in [0.25, 0.3) is 6.08 Å². The first-order valence-electron chi connectivity index (χ1n) is 7.25. The van der Waals surface area contributed by atoms with Crippen molar-refractivity contribution >= 4 is 18.0 Å². The Morgan fingerprint density at radius 1 is 1.43 bits per heavy atom. The molecule has 1 aliphatic rings. The van der Waals surface area contributed by atoms with Crippen molar-refractivity contribution in [2.75, 3.05) is 13.1 Å². The Bertz CT molecular complexity index is 550. The molecule has 1 saturated carbocycles. The van der Waals surface area contributed by atoms with Gasteiger partial charge in [0.15, 0.2) is 0 Å². The molecular weight excluding hydrogens is 268 g/mol. The van der Waals surface area contributed by atoms with Crippen LogP contribution in [0.2, 0.25) is 0 Å². The van der Waals surface area contributed by atoms with E-state index in [4.69, 9.17) is 5.11 Å². The smallest absolute Gasteiger partial charge is 0.328 e. The molecule has 1 fully saturated rings. The van der Waals surface area contributed by atoms with Gasteiger partial charge in [0.25, 0.3) is 5.91 Å². The fraction of sp³-hybridized carbons (Fsp3) is 0.438. The van der Waals surface area contributed by atoms with E-state index in [9.17, 15) is 9.59 Å². The zero-order valence-electron chi connectivity index (χ0n) is 12.2. The summed E-state index contributed by atoms with van der Waals surface area (Å²) in [6, 6.07) is 1.68. The second-order valence-electron chi connectivity index (χ2n) is 5.32. The lowest BCUT2D eigenvalue weighted by Gasteiger charge is -2.31. The van der Waals surface area contributed by atoms with Crippen LogP contribution in [-0.2, 0) is 4.79 Å². The van der Waals surface area contributed by atoms with Crippen LogP contribution >= 0.6 is 0 Å². The Labute approximate surface area is 124 Å². The van der Waals surface area contributed by atoms with E-state index in [0.29, 0.717) is 23.6 Å². The van der Waals surface area contributed by atoms with Crippen LogP contribution in [0.15, 0.2) is 24.5 Å². The maximum absolute atomic E-state index is 12.5. The molecule has 0 bridgehead atoms. The van der Waals surface area contributed by atoms with Gasteiger partial charge in [-0.05, 0) is 43.4 Å². The predicted molar refractivity (Wildman–Crippen MR) is 79.8 cm³/mol. The van der Waals surface area contributed by atoms with Crippen molar-refractivity contribution in [3.05, 3.63) is 35.7 Å². The number of nitrogens with zero attached hydrogens (tertiary/aromatic N) is 2. The number of carboxylic acids is 1. The standard InChI is InChI=1S/C16H20N2O3/c1-2-18(11-12-4-3-5-12)16(21)14-8-13(9-17-10-14)6-7-15(19)20/h6-10,12H,2-5,11H2,1H3,(H,19,20)/b7-6+. The van der Waals surface area contributed by atoms with E-state index >= 15 is 0 Å². The summed E-state index contributed by atoms with van der Waals surface area (Å²) in [6.45, 7) is 3.44. The molecule has 0 spiro atoms. The summed E-state index contributed by atoms with van der Waals surface area (Å²) in [5.41, 5.74) is 1.12. The van der Waals surface area contributed by atoms with E-state index in [2.05, 4.69) is 4.98 Å². The molecule has 0 atom stereocenters. The van der Waals surface area contributed by atoms with Crippen molar-refractivity contribution in [2.24, 2.45) is 5.92 Å². The van der Waals surface area contributed by atoms with Crippen molar-refractivity contribution in [1.29, 1.82) is 0 Å². The van der Waals surface area contributed by atoms with E-state index in [1.165, 1.54) is 31.5 Å². The van der Waals surface area contributed by atoms with Crippen molar-refractivity contribution in [3.8, 4) is 0 Å². The number of carbonyl (C=O) groups is 2. The maximum atomic E-state index is 12.5. The highest BCUT2D eigenvalue weighted by atomic mass is 16.4. The third kappa shape index (κ3) is 4.15. The molecule has 5 nitrogen and oxygen atoms in total. The Balaban J connectivity index is 2.09. The quantitative estimate of drug-likeness (QED) is 0.816. The molecule has 1 aromatic rings. The number of aromatic nitrogens is 1. The molecule has 0 aliphatic heterocycles. The Kier molecular flexibility index (Phi) is 5.09. The minimum atomic E-state index is -1.02. The highest BCUT2D eigenvalue weighted by Crippen LogP contribution is 2.27. The molecule has 1 N–H and O–H groups in total. The van der Waals surface area contributed by atoms with Gasteiger partial charge in [0.05, 0.1) is 5.56 Å². The number of hydrogen-bond donors (Lipinski definition) is 1. The van der Waals surface area contributed by atoms with E-state index < -0.39 is 5.97 Å². The number of amides is 1. The van der Waals surface area contributed by atoms with Crippen molar-refractivity contribution in [3.63, 3.8) is 0 Å². The second-order valence-corrected chi connectivity index (χ2v) is 5.32. The monoisotopic (exact) mass is 288 g/mol. The first kappa shape index (κ1) is 15.2. The summed E-state index contributed by atoms with van der Waals surface area (Å²) in [5, 5.41) is 8.63. The lowest BCUT2D eigenvalue weighted by molar-refractivity contribution is -0.131. The fourth-order valence-corrected chi connectivity index (χ4v) is 2.36. The lowest BCUT2D eigenvalue weighted by Crippen LogP contribution is -2.37. The molecule has 1 heterocycles. The van der Waals surface area contributed by atoms with E-state index in [-0.39, 0.29) is 5.91 Å². The first-order chi connectivity index (χ1) is 10.1. The summed E-state index contributed by atoms with van der Waals surface area (Å²) in [7, 11) is 0. The molecule has 1 aliphatic carbocycles. The van der Waals surface area contributed by atoms with Gasteiger partial charge in [-0.3, -0.25) is 9.78 Å². The van der Waals surface area contributed by atoms with Crippen LogP contribution in [-0.4, -0.2) is 40.0 Å². The molecule has 112 valence electrons. The third-order valence-electron chi connectivity index (χ3n) is 3.80. The van der Waals surface area contributed by atoms with Gasteiger partial charge in [-0.2, -0.15) is 0 Å². The highest BCUT2D eigenvalue weighted by molar-refractivity contribution is 5.94. The first-order valence-corrected chi connectivity index (χ1v) is 7.25. The minimum absolute atomic E-state index is 0.0394. The summed E-state index contributed by atoms with van der Waals surface area (Å²) in [4.78, 5) is 28.9. The van der Waals surface area contributed by atoms with Crippen LogP contribution in [0.4, 0.5) is 0 Å². The molecule has 1 aromatic heterocycles. The normalized spacial score (nSPS) is 14.9. The minimum Gasteiger partial charge on any atom is -0.478 e. The van der Waals surface area contributed by atoms with Gasteiger partial charge < -0.3 is 10.0 Å². The van der Waals surface area contributed by atoms with Gasteiger partial charge in [0.2, 0.25) is 0 Å². The van der Waals surface area contributed by atoms with Crippen LogP contribution in [0.5, 0.6) is 0 Å². The molecule has 1 amide bonds. The highest BCUT2D eigenvalue weighted by Gasteiger charge is 2.23. The Morgan fingerprint density at radius 3 is 2.76 bits per heavy atom. The summed E-state index contributed by atoms with van der Waals surface area (Å²) >= 11 is 0. The van der Waals surface area contributed by atoms with Gasteiger partial charge in [-0.25, -0.2) is 4.79 Å². The average Bonchev–Trinajstić information content (AvgIpc) is 2.44. The third-order valence-corrected chi connectivity index (χ3v) is 3.80. The Morgan fingerprint density at radius 2 is 2.19 bits per heavy atom. The maximum Gasteiger partial charge on any atom is 0.328 e. The number of pyridine rings is 1. The number of carboxylic acid groups (broad SMARTS) is 1. The second kappa shape index (κ2) is 7.02. The van der Waals surface area contributed by atoms with Crippen LogP contribution in [0, 0.1) is 5.92 Å². The SMILES string of the molecule is CCN(CC1CCC1)C(=O)c1cncc(/C=C/C(=O)O)c1. The molecular formula is C16H20N2O3. The fourth-order valence-electron chi connectivity index (χ4n) is 2.36. The summed E-state index contributed by atoms with van der Waals surface area (Å²) in [6.07, 6.45) is 9.20. The van der Waals surface area contributed by atoms with E-state index in [1.54, 1.807) is 12.3 Å². The van der Waals surface area contributed by atoms with Gasteiger partial charge in [0.1, 0.15) is 0 Å². The molecule has 5 heteroatoms. The topological polar surface area (TPSA) is 70.5 Å². The average molecular weight is 288 g/mol. The van der Waals surface area contributed by atoms with Crippen LogP contribution < -0.4 is 0 Å². The molecule has 0 unspecified atom stereocenters. The number of aliphatic carboxylic acids is 1. The van der Waals surface area contributed by atoms with Crippen molar-refractivity contribution in [1.82, 2.24) is 9.88 Å². The lowest BCUT2D eigenvalue weighted by atomic mass is 9.85. The van der Waals surface area contributed by atoms with E-state index in [0.717, 1.165) is 12.6 Å². The van der Waals surface area contributed by atoms with Crippen molar-refractivity contribution < 1.29 is 14.7 Å². The summed E-state index contributed by atoms with van der Waals surface area (Å²) in [5.74, 6) is -0.439. The van der Waals surface area contributed by atoms with Gasteiger partial charge in [-0.15, -0.1) is 0 Å². The molecule has 0 radical (unpaired) electrons. The van der Waals surface area contributed by atoms with E-state index in [1.807, 2.05) is 11.8 Å². The zero-order chi connectivity index (χ0) is 15.2. The largest absolute Gasteiger partial charge is 0.478 e. The number of hydrogen-bond acceptors (Lipinski definition) is 3. The molecule has 21 heavy (non-hydrogen) atoms. The number of carbonyl (C=O) groups excluding carboxylic acids is 1. The van der Waals surface area contributed by atoms with Crippen LogP contribution in [0.1, 0.15) is 42.1 Å². The molecule has 0 aromatic carbocycles. The van der Waals surface area contributed by atoms with Gasteiger partial charge in [0, 0.05) is 31.6 Å². The number of rotatable bonds is 6. The van der Waals surface area contributed by atoms with Crippen molar-refractivity contribution in [2.45, 2.75) is 26.2 Å².